The summed E-state index contributed by atoms with van der Waals surface area (Å²) in [7, 11) is 0. The fraction of sp³-hybridized carbons (Fsp3) is 0.800. The molecule has 6 nitrogen and oxygen atoms in total. The fourth-order valence-corrected chi connectivity index (χ4v) is 1.34. The van der Waals surface area contributed by atoms with E-state index in [1.807, 2.05) is 20.8 Å². The summed E-state index contributed by atoms with van der Waals surface area (Å²) in [6.45, 7) is 6.31. The van der Waals surface area contributed by atoms with E-state index in [2.05, 4.69) is 10.1 Å². The minimum atomic E-state index is -0.629. The molecule has 3 N–H and O–H groups in total. The highest BCUT2D eigenvalue weighted by atomic mass is 16.5. The normalized spacial score (nSPS) is 15.4. The maximum Gasteiger partial charge on any atom is 0.246 e. The molecule has 0 aliphatic carbocycles. The molecule has 0 amide bonds. The number of aliphatic hydroxyl groups is 1. The Hall–Kier alpha value is -0.980. The van der Waals surface area contributed by atoms with Gasteiger partial charge in [-0.25, -0.2) is 0 Å². The molecule has 0 saturated heterocycles. The van der Waals surface area contributed by atoms with Crippen LogP contribution in [-0.2, 0) is 4.74 Å². The van der Waals surface area contributed by atoms with Crippen LogP contribution in [0.25, 0.3) is 0 Å². The van der Waals surface area contributed by atoms with E-state index in [4.69, 9.17) is 20.1 Å². The van der Waals surface area contributed by atoms with Gasteiger partial charge in [0.2, 0.25) is 11.7 Å². The Kier molecular flexibility index (Phi) is 4.85. The van der Waals surface area contributed by atoms with E-state index in [0.717, 1.165) is 0 Å². The molecule has 2 atom stereocenters. The number of aromatic nitrogens is 2. The lowest BCUT2D eigenvalue weighted by molar-refractivity contribution is 0.0217. The molecular formula is C10H19N3O3. The summed E-state index contributed by atoms with van der Waals surface area (Å²) < 4.78 is 10.5. The van der Waals surface area contributed by atoms with Gasteiger partial charge in [0.05, 0.1) is 6.61 Å². The van der Waals surface area contributed by atoms with Crippen molar-refractivity contribution in [1.82, 2.24) is 10.1 Å². The van der Waals surface area contributed by atoms with Crippen molar-refractivity contribution in [3.8, 4) is 0 Å². The fourth-order valence-electron chi connectivity index (χ4n) is 1.34. The van der Waals surface area contributed by atoms with Crippen molar-refractivity contribution in [2.75, 3.05) is 13.2 Å². The standard InChI is InChI=1S/C10H19N3O3/c1-4-15-8(6(2)3)9-12-10(16-13-9)7(11)5-14/h6-8,14H,4-5,11H2,1-3H3. The number of ether oxygens (including phenoxy) is 1. The molecule has 1 aromatic rings. The Morgan fingerprint density at radius 3 is 2.69 bits per heavy atom. The second kappa shape index (κ2) is 5.93. The molecule has 2 unspecified atom stereocenters. The van der Waals surface area contributed by atoms with Gasteiger partial charge in [-0.2, -0.15) is 4.98 Å². The molecule has 1 heterocycles. The predicted octanol–water partition coefficient (Wildman–Crippen LogP) is 0.795. The van der Waals surface area contributed by atoms with Crippen LogP contribution in [0.3, 0.4) is 0 Å². The molecule has 6 heteroatoms. The first-order valence-corrected chi connectivity index (χ1v) is 5.41. The number of hydrogen-bond acceptors (Lipinski definition) is 6. The average molecular weight is 229 g/mol. The summed E-state index contributed by atoms with van der Waals surface area (Å²) in [5, 5.41) is 12.7. The van der Waals surface area contributed by atoms with E-state index >= 15 is 0 Å². The zero-order chi connectivity index (χ0) is 12.1. The zero-order valence-electron chi connectivity index (χ0n) is 9.88. The van der Waals surface area contributed by atoms with Crippen molar-refractivity contribution in [2.24, 2.45) is 11.7 Å². The van der Waals surface area contributed by atoms with Gasteiger partial charge in [-0.3, -0.25) is 0 Å². The van der Waals surface area contributed by atoms with Gasteiger partial charge < -0.3 is 20.1 Å². The van der Waals surface area contributed by atoms with Gasteiger partial charge in [0.1, 0.15) is 12.1 Å². The highest BCUT2D eigenvalue weighted by Gasteiger charge is 2.23. The third-order valence-electron chi connectivity index (χ3n) is 2.18. The summed E-state index contributed by atoms with van der Waals surface area (Å²) in [6.07, 6.45) is -0.201. The van der Waals surface area contributed by atoms with E-state index in [9.17, 15) is 0 Å². The molecule has 0 radical (unpaired) electrons. The largest absolute Gasteiger partial charge is 0.394 e. The summed E-state index contributed by atoms with van der Waals surface area (Å²) in [6, 6.07) is -0.629. The van der Waals surface area contributed by atoms with Gasteiger partial charge in [0.25, 0.3) is 0 Å². The minimum Gasteiger partial charge on any atom is -0.394 e. The SMILES string of the molecule is CCOC(c1noc(C(N)CO)n1)C(C)C. The van der Waals surface area contributed by atoms with Crippen LogP contribution >= 0.6 is 0 Å². The quantitative estimate of drug-likeness (QED) is 0.749. The van der Waals surface area contributed by atoms with Crippen molar-refractivity contribution in [1.29, 1.82) is 0 Å². The molecule has 0 aliphatic heterocycles. The van der Waals surface area contributed by atoms with E-state index in [-0.39, 0.29) is 24.5 Å². The second-order valence-electron chi connectivity index (χ2n) is 3.90. The monoisotopic (exact) mass is 229 g/mol. The number of nitrogens with two attached hydrogens (primary N) is 1. The Balaban J connectivity index is 2.81. The Morgan fingerprint density at radius 2 is 2.19 bits per heavy atom. The minimum absolute atomic E-state index is 0.201. The first kappa shape index (κ1) is 13.1. The van der Waals surface area contributed by atoms with Crippen molar-refractivity contribution >= 4 is 0 Å². The molecule has 0 spiro atoms. The number of hydrogen-bond donors (Lipinski definition) is 2. The van der Waals surface area contributed by atoms with Crippen LogP contribution in [0.4, 0.5) is 0 Å². The van der Waals surface area contributed by atoms with E-state index in [0.29, 0.717) is 12.4 Å². The Labute approximate surface area is 94.8 Å². The predicted molar refractivity (Wildman–Crippen MR) is 57.5 cm³/mol. The van der Waals surface area contributed by atoms with Gasteiger partial charge in [-0.05, 0) is 12.8 Å². The summed E-state index contributed by atoms with van der Waals surface area (Å²) in [5.41, 5.74) is 5.57. The number of aliphatic hydroxyl groups excluding tert-OH is 1. The van der Waals surface area contributed by atoms with Gasteiger partial charge in [-0.15, -0.1) is 0 Å². The summed E-state index contributed by atoms with van der Waals surface area (Å²) in [5.74, 6) is 0.967. The van der Waals surface area contributed by atoms with Crippen LogP contribution in [0.5, 0.6) is 0 Å². The second-order valence-corrected chi connectivity index (χ2v) is 3.90. The van der Waals surface area contributed by atoms with Gasteiger partial charge in [0.15, 0.2) is 0 Å². The van der Waals surface area contributed by atoms with Gasteiger partial charge in [-0.1, -0.05) is 19.0 Å². The highest BCUT2D eigenvalue weighted by molar-refractivity contribution is 4.96. The van der Waals surface area contributed by atoms with Crippen LogP contribution in [-0.4, -0.2) is 28.5 Å². The van der Waals surface area contributed by atoms with Crippen LogP contribution in [0.15, 0.2) is 4.52 Å². The first-order valence-electron chi connectivity index (χ1n) is 5.41. The maximum absolute atomic E-state index is 8.86. The zero-order valence-corrected chi connectivity index (χ0v) is 9.88. The lowest BCUT2D eigenvalue weighted by Gasteiger charge is -2.16. The molecule has 0 saturated carbocycles. The van der Waals surface area contributed by atoms with Crippen LogP contribution in [0.1, 0.15) is 44.6 Å². The number of rotatable bonds is 6. The Bertz CT molecular complexity index is 314. The van der Waals surface area contributed by atoms with Crippen molar-refractivity contribution < 1.29 is 14.4 Å². The van der Waals surface area contributed by atoms with E-state index in [1.54, 1.807) is 0 Å². The topological polar surface area (TPSA) is 94.4 Å². The van der Waals surface area contributed by atoms with Crippen molar-refractivity contribution in [3.05, 3.63) is 11.7 Å². The van der Waals surface area contributed by atoms with Crippen molar-refractivity contribution in [3.63, 3.8) is 0 Å². The molecular weight excluding hydrogens is 210 g/mol. The van der Waals surface area contributed by atoms with Crippen LogP contribution in [0.2, 0.25) is 0 Å². The molecule has 1 rings (SSSR count). The van der Waals surface area contributed by atoms with E-state index in [1.165, 1.54) is 0 Å². The first-order chi connectivity index (χ1) is 7.60. The molecule has 0 aliphatic rings. The average Bonchev–Trinajstić information content (AvgIpc) is 2.73. The van der Waals surface area contributed by atoms with Gasteiger partial charge in [0, 0.05) is 6.61 Å². The lowest BCUT2D eigenvalue weighted by atomic mass is 10.1. The smallest absolute Gasteiger partial charge is 0.246 e. The molecule has 0 fully saturated rings. The molecule has 92 valence electrons. The molecule has 0 aromatic carbocycles. The summed E-state index contributed by atoms with van der Waals surface area (Å²) in [4.78, 5) is 4.13. The van der Waals surface area contributed by atoms with Crippen LogP contribution < -0.4 is 5.73 Å². The third kappa shape index (κ3) is 3.01. The Morgan fingerprint density at radius 1 is 1.50 bits per heavy atom. The summed E-state index contributed by atoms with van der Waals surface area (Å²) >= 11 is 0. The maximum atomic E-state index is 8.86. The molecule has 0 bridgehead atoms. The van der Waals surface area contributed by atoms with Gasteiger partial charge >= 0.3 is 0 Å². The number of nitrogens with zero attached hydrogens (tertiary/aromatic N) is 2. The van der Waals surface area contributed by atoms with Crippen LogP contribution in [0, 0.1) is 5.92 Å². The third-order valence-corrected chi connectivity index (χ3v) is 2.18. The molecule has 1 aromatic heterocycles. The highest BCUT2D eigenvalue weighted by Crippen LogP contribution is 2.23. The molecule has 16 heavy (non-hydrogen) atoms. The van der Waals surface area contributed by atoms with E-state index < -0.39 is 6.04 Å². The van der Waals surface area contributed by atoms with Crippen molar-refractivity contribution in [2.45, 2.75) is 32.9 Å². The lowest BCUT2D eigenvalue weighted by Crippen LogP contribution is -2.16.